The first-order chi connectivity index (χ1) is 12.0. The van der Waals surface area contributed by atoms with Crippen molar-refractivity contribution in [1.29, 1.82) is 0 Å². The highest BCUT2D eigenvalue weighted by Gasteiger charge is 2.23. The molecule has 1 aromatic carbocycles. The molecule has 0 aliphatic rings. The number of hydrogen-bond acceptors (Lipinski definition) is 4. The first-order valence-corrected chi connectivity index (χ1v) is 8.72. The summed E-state index contributed by atoms with van der Waals surface area (Å²) >= 11 is 0. The molecule has 0 heterocycles. The zero-order chi connectivity index (χ0) is 18.5. The molecule has 0 saturated carbocycles. The number of carbonyl (C=O) groups is 2. The first-order valence-electron chi connectivity index (χ1n) is 8.72. The Morgan fingerprint density at radius 2 is 1.80 bits per heavy atom. The number of benzene rings is 1. The number of ether oxygens (including phenoxy) is 2. The molecule has 0 radical (unpaired) electrons. The highest BCUT2D eigenvalue weighted by molar-refractivity contribution is 5.88. The molecule has 0 unspecified atom stereocenters. The topological polar surface area (TPSA) is 76.7 Å². The van der Waals surface area contributed by atoms with Crippen LogP contribution >= 0.6 is 0 Å². The molecule has 0 spiro atoms. The van der Waals surface area contributed by atoms with E-state index in [4.69, 9.17) is 9.47 Å². The van der Waals surface area contributed by atoms with E-state index in [2.05, 4.69) is 10.6 Å². The molecule has 6 heteroatoms. The summed E-state index contributed by atoms with van der Waals surface area (Å²) in [6.07, 6.45) is 0.989. The van der Waals surface area contributed by atoms with Gasteiger partial charge in [-0.05, 0) is 17.9 Å². The highest BCUT2D eigenvalue weighted by Crippen LogP contribution is 2.04. The zero-order valence-electron chi connectivity index (χ0n) is 15.4. The fourth-order valence-corrected chi connectivity index (χ4v) is 2.28. The van der Waals surface area contributed by atoms with Gasteiger partial charge in [0.1, 0.15) is 6.04 Å². The average molecular weight is 350 g/mol. The summed E-state index contributed by atoms with van der Waals surface area (Å²) in [6.45, 7) is 6.03. The Hall–Kier alpha value is -1.92. The lowest BCUT2D eigenvalue weighted by atomic mass is 10.0. The van der Waals surface area contributed by atoms with Crippen molar-refractivity contribution in [2.24, 2.45) is 5.92 Å². The van der Waals surface area contributed by atoms with Crippen LogP contribution in [0.25, 0.3) is 0 Å². The number of amides is 2. The molecular formula is C19H30N2O4. The quantitative estimate of drug-likeness (QED) is 0.561. The van der Waals surface area contributed by atoms with Gasteiger partial charge in [-0.3, -0.25) is 9.59 Å². The van der Waals surface area contributed by atoms with E-state index in [0.717, 1.165) is 12.0 Å². The molecule has 25 heavy (non-hydrogen) atoms. The smallest absolute Gasteiger partial charge is 0.242 e. The first kappa shape index (κ1) is 21.1. The molecule has 0 saturated heterocycles. The van der Waals surface area contributed by atoms with E-state index in [1.165, 1.54) is 0 Å². The van der Waals surface area contributed by atoms with Crippen molar-refractivity contribution in [1.82, 2.24) is 10.6 Å². The van der Waals surface area contributed by atoms with Gasteiger partial charge in [0.05, 0.1) is 19.6 Å². The van der Waals surface area contributed by atoms with E-state index >= 15 is 0 Å². The number of hydrogen-bond donors (Lipinski definition) is 2. The van der Waals surface area contributed by atoms with Crippen LogP contribution in [0.5, 0.6) is 0 Å². The third kappa shape index (κ3) is 9.22. The van der Waals surface area contributed by atoms with Crippen LogP contribution in [0.2, 0.25) is 0 Å². The fourth-order valence-electron chi connectivity index (χ4n) is 2.28. The van der Waals surface area contributed by atoms with Gasteiger partial charge in [0.2, 0.25) is 11.8 Å². The Labute approximate surface area is 150 Å². The van der Waals surface area contributed by atoms with Gasteiger partial charge in [0.15, 0.2) is 0 Å². The molecule has 0 aromatic heterocycles. The zero-order valence-corrected chi connectivity index (χ0v) is 15.4. The maximum atomic E-state index is 12.3. The van der Waals surface area contributed by atoms with Gasteiger partial charge < -0.3 is 20.1 Å². The summed E-state index contributed by atoms with van der Waals surface area (Å²) in [5.41, 5.74) is 0.927. The molecule has 1 aromatic rings. The minimum atomic E-state index is -0.536. The number of rotatable bonds is 12. The van der Waals surface area contributed by atoms with Gasteiger partial charge in [0.25, 0.3) is 0 Å². The fraction of sp³-hybridized carbons (Fsp3) is 0.579. The highest BCUT2D eigenvalue weighted by atomic mass is 16.5. The van der Waals surface area contributed by atoms with E-state index in [-0.39, 0.29) is 24.2 Å². The van der Waals surface area contributed by atoms with Gasteiger partial charge in [-0.15, -0.1) is 0 Å². The summed E-state index contributed by atoms with van der Waals surface area (Å²) in [4.78, 5) is 24.5. The summed E-state index contributed by atoms with van der Waals surface area (Å²) in [6, 6.07) is 8.95. The number of carbonyl (C=O) groups excluding carboxylic acids is 2. The lowest BCUT2D eigenvalue weighted by Crippen LogP contribution is -2.50. The minimum absolute atomic E-state index is 0.0117. The average Bonchev–Trinajstić information content (AvgIpc) is 2.59. The predicted octanol–water partition coefficient (Wildman–Crippen LogP) is 1.54. The summed E-state index contributed by atoms with van der Waals surface area (Å²) in [7, 11) is 1.63. The van der Waals surface area contributed by atoms with Gasteiger partial charge in [-0.1, -0.05) is 44.2 Å². The lowest BCUT2D eigenvalue weighted by Gasteiger charge is -2.21. The maximum Gasteiger partial charge on any atom is 0.242 e. The second-order valence-corrected chi connectivity index (χ2v) is 6.20. The van der Waals surface area contributed by atoms with Crippen molar-refractivity contribution >= 4 is 11.8 Å². The minimum Gasteiger partial charge on any atom is -0.382 e. The van der Waals surface area contributed by atoms with Gasteiger partial charge in [0, 0.05) is 20.3 Å². The Kier molecular flexibility index (Phi) is 10.5. The molecule has 0 aliphatic carbocycles. The van der Waals surface area contributed by atoms with Crippen molar-refractivity contribution < 1.29 is 19.1 Å². The van der Waals surface area contributed by atoms with Crippen molar-refractivity contribution in [2.75, 3.05) is 33.5 Å². The second kappa shape index (κ2) is 12.4. The normalized spacial score (nSPS) is 12.0. The maximum absolute atomic E-state index is 12.3. The van der Waals surface area contributed by atoms with Crippen LogP contribution in [0.1, 0.15) is 25.8 Å². The Bertz CT molecular complexity index is 505. The van der Waals surface area contributed by atoms with E-state index in [9.17, 15) is 9.59 Å². The van der Waals surface area contributed by atoms with E-state index in [1.54, 1.807) is 7.11 Å². The molecule has 6 nitrogen and oxygen atoms in total. The molecule has 1 atom stereocenters. The van der Waals surface area contributed by atoms with Gasteiger partial charge in [-0.2, -0.15) is 0 Å². The summed E-state index contributed by atoms with van der Waals surface area (Å²) < 4.78 is 10.2. The van der Waals surface area contributed by atoms with Crippen molar-refractivity contribution in [3.05, 3.63) is 35.9 Å². The van der Waals surface area contributed by atoms with E-state index < -0.39 is 6.04 Å². The van der Waals surface area contributed by atoms with Gasteiger partial charge >= 0.3 is 0 Å². The molecule has 0 aliphatic heterocycles. The Morgan fingerprint density at radius 3 is 2.44 bits per heavy atom. The van der Waals surface area contributed by atoms with Crippen molar-refractivity contribution in [3.63, 3.8) is 0 Å². The van der Waals surface area contributed by atoms with Crippen LogP contribution in [0.3, 0.4) is 0 Å². The van der Waals surface area contributed by atoms with Crippen LogP contribution in [0.4, 0.5) is 0 Å². The Balaban J connectivity index is 2.34. The molecule has 2 amide bonds. The van der Waals surface area contributed by atoms with Crippen molar-refractivity contribution in [3.8, 4) is 0 Å². The number of methoxy groups -OCH3 is 1. The standard InChI is InChI=1S/C19H30N2O4/c1-15(2)18(19(23)20-10-7-11-25-13-12-24-3)21-17(22)14-16-8-5-4-6-9-16/h4-6,8-9,15,18H,7,10-14H2,1-3H3,(H,20,23)(H,21,22)/t18-/m0/s1. The third-order valence-electron chi connectivity index (χ3n) is 3.67. The molecular weight excluding hydrogens is 320 g/mol. The molecule has 2 N–H and O–H groups in total. The third-order valence-corrected chi connectivity index (χ3v) is 3.67. The SMILES string of the molecule is COCCOCCCNC(=O)[C@@H](NC(=O)Cc1ccccc1)C(C)C. The second-order valence-electron chi connectivity index (χ2n) is 6.20. The molecule has 140 valence electrons. The van der Waals surface area contributed by atoms with E-state index in [0.29, 0.717) is 26.4 Å². The molecule has 0 bridgehead atoms. The number of nitrogens with one attached hydrogen (secondary N) is 2. The van der Waals surface area contributed by atoms with Crippen LogP contribution in [-0.4, -0.2) is 51.3 Å². The van der Waals surface area contributed by atoms with Crippen molar-refractivity contribution in [2.45, 2.75) is 32.7 Å². The largest absolute Gasteiger partial charge is 0.382 e. The van der Waals surface area contributed by atoms with Gasteiger partial charge in [-0.25, -0.2) is 0 Å². The lowest BCUT2D eigenvalue weighted by molar-refractivity contribution is -0.129. The van der Waals surface area contributed by atoms with Crippen LogP contribution < -0.4 is 10.6 Å². The summed E-state index contributed by atoms with van der Waals surface area (Å²) in [5.74, 6) is -0.297. The van der Waals surface area contributed by atoms with Crippen LogP contribution in [0, 0.1) is 5.92 Å². The Morgan fingerprint density at radius 1 is 1.08 bits per heavy atom. The molecule has 0 fully saturated rings. The summed E-state index contributed by atoms with van der Waals surface area (Å²) in [5, 5.41) is 5.69. The predicted molar refractivity (Wildman–Crippen MR) is 97.2 cm³/mol. The van der Waals surface area contributed by atoms with E-state index in [1.807, 2.05) is 44.2 Å². The van der Waals surface area contributed by atoms with Crippen LogP contribution in [0.15, 0.2) is 30.3 Å². The van der Waals surface area contributed by atoms with Crippen LogP contribution in [-0.2, 0) is 25.5 Å². The monoisotopic (exact) mass is 350 g/mol. The molecule has 1 rings (SSSR count).